The van der Waals surface area contributed by atoms with Crippen LogP contribution in [0.5, 0.6) is 0 Å². The van der Waals surface area contributed by atoms with Crippen molar-refractivity contribution in [3.05, 3.63) is 22.4 Å². The van der Waals surface area contributed by atoms with E-state index in [-0.39, 0.29) is 5.91 Å². The standard InChI is InChI=1S/C12H20N2OS/c1-3-13-8-7-12(15)14(4-2)10-11-6-5-9-16-11/h5-6,9,13H,3-4,7-8,10H2,1-2H3. The van der Waals surface area contributed by atoms with Gasteiger partial charge in [0, 0.05) is 24.4 Å². The zero-order valence-electron chi connectivity index (χ0n) is 10.0. The van der Waals surface area contributed by atoms with Gasteiger partial charge in [0.15, 0.2) is 0 Å². The van der Waals surface area contributed by atoms with Crippen molar-refractivity contribution in [3.8, 4) is 0 Å². The number of hydrogen-bond acceptors (Lipinski definition) is 3. The van der Waals surface area contributed by atoms with Crippen LogP contribution in [0, 0.1) is 0 Å². The summed E-state index contributed by atoms with van der Waals surface area (Å²) in [7, 11) is 0. The highest BCUT2D eigenvalue weighted by atomic mass is 32.1. The Hall–Kier alpha value is -0.870. The highest BCUT2D eigenvalue weighted by Gasteiger charge is 2.11. The first kappa shape index (κ1) is 13.2. The van der Waals surface area contributed by atoms with Crippen LogP contribution in [-0.4, -0.2) is 30.4 Å². The Bertz CT molecular complexity index is 298. The molecule has 0 aliphatic rings. The minimum absolute atomic E-state index is 0.233. The summed E-state index contributed by atoms with van der Waals surface area (Å²) in [5.74, 6) is 0.233. The second-order valence-corrected chi connectivity index (χ2v) is 4.62. The van der Waals surface area contributed by atoms with Gasteiger partial charge in [-0.2, -0.15) is 0 Å². The van der Waals surface area contributed by atoms with Gasteiger partial charge in [0.25, 0.3) is 0 Å². The number of hydrogen-bond donors (Lipinski definition) is 1. The van der Waals surface area contributed by atoms with Gasteiger partial charge >= 0.3 is 0 Å². The molecule has 1 amide bonds. The van der Waals surface area contributed by atoms with E-state index in [1.165, 1.54) is 4.88 Å². The molecule has 0 bridgehead atoms. The van der Waals surface area contributed by atoms with Crippen molar-refractivity contribution in [2.45, 2.75) is 26.8 Å². The van der Waals surface area contributed by atoms with Crippen molar-refractivity contribution < 1.29 is 4.79 Å². The van der Waals surface area contributed by atoms with E-state index in [0.29, 0.717) is 6.42 Å². The van der Waals surface area contributed by atoms with Crippen LogP contribution in [-0.2, 0) is 11.3 Å². The monoisotopic (exact) mass is 240 g/mol. The minimum Gasteiger partial charge on any atom is -0.338 e. The van der Waals surface area contributed by atoms with Gasteiger partial charge in [0.2, 0.25) is 5.91 Å². The summed E-state index contributed by atoms with van der Waals surface area (Å²) in [4.78, 5) is 15.0. The maximum atomic E-state index is 11.9. The third-order valence-corrected chi connectivity index (χ3v) is 3.29. The molecule has 0 aromatic carbocycles. The molecule has 0 atom stereocenters. The maximum Gasteiger partial charge on any atom is 0.224 e. The number of nitrogens with one attached hydrogen (secondary N) is 1. The molecule has 1 aromatic heterocycles. The highest BCUT2D eigenvalue weighted by molar-refractivity contribution is 7.09. The van der Waals surface area contributed by atoms with E-state index in [2.05, 4.69) is 11.4 Å². The molecule has 0 saturated heterocycles. The number of nitrogens with zero attached hydrogens (tertiary/aromatic N) is 1. The summed E-state index contributed by atoms with van der Waals surface area (Å²) < 4.78 is 0. The largest absolute Gasteiger partial charge is 0.338 e. The topological polar surface area (TPSA) is 32.3 Å². The number of carbonyl (C=O) groups is 1. The molecule has 1 rings (SSSR count). The SMILES string of the molecule is CCNCCC(=O)N(CC)Cc1cccs1. The van der Waals surface area contributed by atoms with Crippen molar-refractivity contribution in [2.24, 2.45) is 0 Å². The Morgan fingerprint density at radius 3 is 2.88 bits per heavy atom. The van der Waals surface area contributed by atoms with Crippen molar-refractivity contribution in [2.75, 3.05) is 19.6 Å². The van der Waals surface area contributed by atoms with E-state index in [0.717, 1.165) is 26.2 Å². The lowest BCUT2D eigenvalue weighted by Gasteiger charge is -2.20. The van der Waals surface area contributed by atoms with E-state index in [1.807, 2.05) is 30.2 Å². The lowest BCUT2D eigenvalue weighted by Crippen LogP contribution is -2.32. The lowest BCUT2D eigenvalue weighted by molar-refractivity contribution is -0.131. The third-order valence-electron chi connectivity index (χ3n) is 2.43. The van der Waals surface area contributed by atoms with Crippen LogP contribution in [0.15, 0.2) is 17.5 Å². The number of thiophene rings is 1. The van der Waals surface area contributed by atoms with E-state index in [1.54, 1.807) is 11.3 Å². The number of amides is 1. The fourth-order valence-corrected chi connectivity index (χ4v) is 2.22. The molecule has 90 valence electrons. The van der Waals surface area contributed by atoms with Crippen molar-refractivity contribution >= 4 is 17.2 Å². The minimum atomic E-state index is 0.233. The van der Waals surface area contributed by atoms with Crippen LogP contribution in [0.25, 0.3) is 0 Å². The molecule has 0 saturated carbocycles. The average molecular weight is 240 g/mol. The summed E-state index contributed by atoms with van der Waals surface area (Å²) >= 11 is 1.70. The smallest absolute Gasteiger partial charge is 0.224 e. The molecule has 16 heavy (non-hydrogen) atoms. The van der Waals surface area contributed by atoms with Crippen molar-refractivity contribution in [1.82, 2.24) is 10.2 Å². The van der Waals surface area contributed by atoms with Crippen molar-refractivity contribution in [1.29, 1.82) is 0 Å². The van der Waals surface area contributed by atoms with Crippen LogP contribution < -0.4 is 5.32 Å². The maximum absolute atomic E-state index is 11.9. The van der Waals surface area contributed by atoms with Gasteiger partial charge in [-0.05, 0) is 24.9 Å². The van der Waals surface area contributed by atoms with Gasteiger partial charge in [-0.1, -0.05) is 13.0 Å². The summed E-state index contributed by atoms with van der Waals surface area (Å²) in [6, 6.07) is 4.10. The first-order valence-corrected chi connectivity index (χ1v) is 6.66. The molecule has 0 radical (unpaired) electrons. The number of carbonyl (C=O) groups excluding carboxylic acids is 1. The molecule has 1 N–H and O–H groups in total. The molecule has 3 nitrogen and oxygen atoms in total. The Morgan fingerprint density at radius 1 is 1.50 bits per heavy atom. The molecule has 0 aliphatic heterocycles. The average Bonchev–Trinajstić information content (AvgIpc) is 2.78. The van der Waals surface area contributed by atoms with Gasteiger partial charge in [-0.15, -0.1) is 11.3 Å². The van der Waals surface area contributed by atoms with Gasteiger partial charge in [-0.25, -0.2) is 0 Å². The van der Waals surface area contributed by atoms with Crippen LogP contribution in [0.2, 0.25) is 0 Å². The molecule has 1 aromatic rings. The van der Waals surface area contributed by atoms with Crippen LogP contribution in [0.3, 0.4) is 0 Å². The molecule has 0 spiro atoms. The van der Waals surface area contributed by atoms with Crippen molar-refractivity contribution in [3.63, 3.8) is 0 Å². The second-order valence-electron chi connectivity index (χ2n) is 3.59. The number of rotatable bonds is 7. The van der Waals surface area contributed by atoms with Gasteiger partial charge < -0.3 is 10.2 Å². The van der Waals surface area contributed by atoms with E-state index < -0.39 is 0 Å². The zero-order chi connectivity index (χ0) is 11.8. The fourth-order valence-electron chi connectivity index (χ4n) is 1.50. The van der Waals surface area contributed by atoms with Gasteiger partial charge in [-0.3, -0.25) is 4.79 Å². The summed E-state index contributed by atoms with van der Waals surface area (Å²) in [5.41, 5.74) is 0. The first-order valence-electron chi connectivity index (χ1n) is 5.78. The fraction of sp³-hybridized carbons (Fsp3) is 0.583. The molecule has 0 unspecified atom stereocenters. The van der Waals surface area contributed by atoms with E-state index in [9.17, 15) is 4.79 Å². The first-order chi connectivity index (χ1) is 7.77. The normalized spacial score (nSPS) is 10.4. The molecule has 0 aliphatic carbocycles. The zero-order valence-corrected chi connectivity index (χ0v) is 10.8. The van der Waals surface area contributed by atoms with Crippen LogP contribution >= 0.6 is 11.3 Å². The third kappa shape index (κ3) is 4.33. The second kappa shape index (κ2) is 7.41. The summed E-state index contributed by atoms with van der Waals surface area (Å²) in [5, 5.41) is 5.22. The van der Waals surface area contributed by atoms with Crippen LogP contribution in [0.1, 0.15) is 25.1 Å². The quantitative estimate of drug-likeness (QED) is 0.740. The highest BCUT2D eigenvalue weighted by Crippen LogP contribution is 2.12. The van der Waals surface area contributed by atoms with Gasteiger partial charge in [0.1, 0.15) is 0 Å². The Morgan fingerprint density at radius 2 is 2.31 bits per heavy atom. The van der Waals surface area contributed by atoms with E-state index in [4.69, 9.17) is 0 Å². The predicted molar refractivity (Wildman–Crippen MR) is 68.6 cm³/mol. The predicted octanol–water partition coefficient (Wildman–Crippen LogP) is 2.10. The summed E-state index contributed by atoms with van der Waals surface area (Å²) in [6.45, 7) is 7.30. The Labute approximate surface area is 101 Å². The molecule has 1 heterocycles. The molecular weight excluding hydrogens is 220 g/mol. The summed E-state index contributed by atoms with van der Waals surface area (Å²) in [6.07, 6.45) is 0.590. The van der Waals surface area contributed by atoms with Crippen LogP contribution in [0.4, 0.5) is 0 Å². The Balaban J connectivity index is 2.38. The molecule has 4 heteroatoms. The van der Waals surface area contributed by atoms with Gasteiger partial charge in [0.05, 0.1) is 6.54 Å². The molecular formula is C12H20N2OS. The van der Waals surface area contributed by atoms with E-state index >= 15 is 0 Å². The molecule has 0 fully saturated rings. The Kier molecular flexibility index (Phi) is 6.11. The lowest BCUT2D eigenvalue weighted by atomic mass is 10.3.